The number of hydrogen-bond donors (Lipinski definition) is 1. The largest absolute Gasteiger partial charge is 0.478 e. The van der Waals surface area contributed by atoms with E-state index in [9.17, 15) is 19.5 Å². The van der Waals surface area contributed by atoms with Gasteiger partial charge in [-0.15, -0.1) is 0 Å². The van der Waals surface area contributed by atoms with Crippen LogP contribution in [0.1, 0.15) is 33.2 Å². The van der Waals surface area contributed by atoms with Crippen LogP contribution in [0.25, 0.3) is 16.6 Å². The van der Waals surface area contributed by atoms with Crippen molar-refractivity contribution in [3.05, 3.63) is 99.8 Å². The molecule has 0 spiro atoms. The molecule has 0 aliphatic carbocycles. The van der Waals surface area contributed by atoms with Crippen molar-refractivity contribution in [3.63, 3.8) is 0 Å². The topological polar surface area (TPSA) is 89.3 Å². The molecule has 0 radical (unpaired) electrons. The Morgan fingerprint density at radius 1 is 0.969 bits per heavy atom. The molecule has 1 N–H and O–H groups in total. The fourth-order valence-electron chi connectivity index (χ4n) is 3.45. The number of nitrogens with zero attached hydrogens (tertiary/aromatic N) is 2. The number of aromatic nitrogens is 2. The van der Waals surface area contributed by atoms with Crippen molar-refractivity contribution in [1.82, 2.24) is 9.55 Å². The second-order valence-electron chi connectivity index (χ2n) is 7.35. The molecule has 1 atom stereocenters. The first kappa shape index (κ1) is 21.5. The molecule has 0 aliphatic rings. The molecule has 4 rings (SSSR count). The molecule has 4 aromatic rings. The van der Waals surface area contributed by atoms with Crippen molar-refractivity contribution in [2.24, 2.45) is 0 Å². The fraction of sp³-hybridized carbons (Fsp3) is 0.120. The van der Waals surface area contributed by atoms with E-state index in [0.29, 0.717) is 21.8 Å². The Kier molecular flexibility index (Phi) is 5.92. The lowest BCUT2D eigenvalue weighted by atomic mass is 10.1. The number of aryl methyl sites for hydroxylation is 1. The number of rotatable bonds is 6. The summed E-state index contributed by atoms with van der Waals surface area (Å²) in [5, 5.41) is 9.46. The van der Waals surface area contributed by atoms with Gasteiger partial charge in [0.2, 0.25) is 0 Å². The predicted octanol–water partition coefficient (Wildman–Crippen LogP) is 4.76. The lowest BCUT2D eigenvalue weighted by molar-refractivity contribution is 0.0696. The van der Waals surface area contributed by atoms with Crippen molar-refractivity contribution >= 4 is 34.4 Å². The number of aromatic carboxylic acids is 1. The van der Waals surface area contributed by atoms with Crippen molar-refractivity contribution in [3.8, 4) is 5.69 Å². The number of hydrogen-bond acceptors (Lipinski definition) is 5. The van der Waals surface area contributed by atoms with E-state index in [2.05, 4.69) is 4.98 Å². The lowest BCUT2D eigenvalue weighted by Crippen LogP contribution is -2.24. The molecule has 0 bridgehead atoms. The molecule has 32 heavy (non-hydrogen) atoms. The maximum absolute atomic E-state index is 13.5. The summed E-state index contributed by atoms with van der Waals surface area (Å²) in [6.45, 7) is 3.67. The Balaban J connectivity index is 1.89. The number of fused-ring (bicyclic) bond motifs is 1. The van der Waals surface area contributed by atoms with E-state index in [1.165, 1.54) is 34.5 Å². The molecule has 0 unspecified atom stereocenters. The first-order chi connectivity index (χ1) is 15.4. The van der Waals surface area contributed by atoms with Gasteiger partial charge in [-0.2, -0.15) is 0 Å². The Bertz CT molecular complexity index is 1400. The first-order valence-corrected chi connectivity index (χ1v) is 10.9. The van der Waals surface area contributed by atoms with Crippen LogP contribution in [0.4, 0.5) is 0 Å². The van der Waals surface area contributed by atoms with Crippen molar-refractivity contribution in [2.45, 2.75) is 24.3 Å². The van der Waals surface area contributed by atoms with E-state index in [0.717, 1.165) is 5.56 Å². The van der Waals surface area contributed by atoms with E-state index in [4.69, 9.17) is 0 Å². The zero-order valence-corrected chi connectivity index (χ0v) is 18.3. The third kappa shape index (κ3) is 4.07. The summed E-state index contributed by atoms with van der Waals surface area (Å²) in [4.78, 5) is 42.5. The second kappa shape index (κ2) is 8.80. The summed E-state index contributed by atoms with van der Waals surface area (Å²) in [5.74, 6) is -1.18. The number of Topliss-reactive ketones (excluding diaryl/α,β-unsaturated/α-hetero) is 1. The van der Waals surface area contributed by atoms with Gasteiger partial charge in [0.15, 0.2) is 10.9 Å². The summed E-state index contributed by atoms with van der Waals surface area (Å²) in [7, 11) is 0. The van der Waals surface area contributed by atoms with Crippen molar-refractivity contribution < 1.29 is 14.7 Å². The first-order valence-electron chi connectivity index (χ1n) is 9.99. The van der Waals surface area contributed by atoms with Gasteiger partial charge in [0.25, 0.3) is 5.56 Å². The SMILES string of the molecule is Cc1ccccc1-n1c(S[C@@H](C)C(=O)c2ccccc2)nc2cc(C(=O)O)ccc2c1=O. The highest BCUT2D eigenvalue weighted by molar-refractivity contribution is 8.00. The van der Waals surface area contributed by atoms with Gasteiger partial charge in [0.05, 0.1) is 27.4 Å². The Morgan fingerprint density at radius 2 is 1.66 bits per heavy atom. The van der Waals surface area contributed by atoms with Crippen LogP contribution in [0.5, 0.6) is 0 Å². The van der Waals surface area contributed by atoms with E-state index >= 15 is 0 Å². The van der Waals surface area contributed by atoms with Gasteiger partial charge < -0.3 is 5.11 Å². The lowest BCUT2D eigenvalue weighted by Gasteiger charge is -2.17. The van der Waals surface area contributed by atoms with Crippen LogP contribution in [0.15, 0.2) is 82.7 Å². The molecule has 1 aromatic heterocycles. The number of benzene rings is 3. The van der Waals surface area contributed by atoms with Crippen LogP contribution < -0.4 is 5.56 Å². The number of carbonyl (C=O) groups excluding carboxylic acids is 1. The maximum Gasteiger partial charge on any atom is 0.335 e. The number of para-hydroxylation sites is 1. The minimum Gasteiger partial charge on any atom is -0.478 e. The van der Waals surface area contributed by atoms with Crippen LogP contribution in [0.3, 0.4) is 0 Å². The molecule has 0 fully saturated rings. The fourth-order valence-corrected chi connectivity index (χ4v) is 4.45. The molecule has 3 aromatic carbocycles. The van der Waals surface area contributed by atoms with Crippen LogP contribution in [-0.2, 0) is 0 Å². The molecule has 7 heteroatoms. The van der Waals surface area contributed by atoms with Crippen LogP contribution >= 0.6 is 11.8 Å². The van der Waals surface area contributed by atoms with Crippen LogP contribution in [-0.4, -0.2) is 31.7 Å². The van der Waals surface area contributed by atoms with Crippen LogP contribution in [0, 0.1) is 6.92 Å². The third-order valence-electron chi connectivity index (χ3n) is 5.15. The van der Waals surface area contributed by atoms with E-state index < -0.39 is 11.2 Å². The number of thioether (sulfide) groups is 1. The molecule has 1 heterocycles. The van der Waals surface area contributed by atoms with E-state index in [1.54, 1.807) is 31.2 Å². The highest BCUT2D eigenvalue weighted by atomic mass is 32.2. The van der Waals surface area contributed by atoms with Gasteiger partial charge in [0, 0.05) is 5.56 Å². The minimum atomic E-state index is -1.10. The average Bonchev–Trinajstić information content (AvgIpc) is 2.79. The number of carboxylic acids is 1. The summed E-state index contributed by atoms with van der Waals surface area (Å²) < 4.78 is 1.50. The zero-order valence-electron chi connectivity index (χ0n) is 17.5. The van der Waals surface area contributed by atoms with Crippen LogP contribution in [0.2, 0.25) is 0 Å². The van der Waals surface area contributed by atoms with Gasteiger partial charge in [-0.05, 0) is 43.7 Å². The Hall–Kier alpha value is -3.71. The summed E-state index contributed by atoms with van der Waals surface area (Å²) in [6.07, 6.45) is 0. The maximum atomic E-state index is 13.5. The van der Waals surface area contributed by atoms with Crippen molar-refractivity contribution in [2.75, 3.05) is 0 Å². The molecule has 0 saturated carbocycles. The Morgan fingerprint density at radius 3 is 2.34 bits per heavy atom. The number of carbonyl (C=O) groups is 2. The summed E-state index contributed by atoms with van der Waals surface area (Å²) >= 11 is 1.17. The van der Waals surface area contributed by atoms with Gasteiger partial charge in [0.1, 0.15) is 0 Å². The van der Waals surface area contributed by atoms with Gasteiger partial charge in [-0.1, -0.05) is 60.3 Å². The highest BCUT2D eigenvalue weighted by Crippen LogP contribution is 2.28. The van der Waals surface area contributed by atoms with Crippen molar-refractivity contribution in [1.29, 1.82) is 0 Å². The monoisotopic (exact) mass is 444 g/mol. The standard InChI is InChI=1S/C25H20N2O4S/c1-15-8-6-7-11-21(15)27-23(29)19-13-12-18(24(30)31)14-20(19)26-25(27)32-16(2)22(28)17-9-4-3-5-10-17/h3-14,16H,1-2H3,(H,30,31)/t16-/m0/s1. The smallest absolute Gasteiger partial charge is 0.335 e. The minimum absolute atomic E-state index is 0.0439. The predicted molar refractivity (Wildman–Crippen MR) is 125 cm³/mol. The quantitative estimate of drug-likeness (QED) is 0.262. The normalized spacial score (nSPS) is 11.9. The Labute approximate surface area is 188 Å². The zero-order chi connectivity index (χ0) is 22.8. The number of carboxylic acid groups (broad SMARTS) is 1. The summed E-state index contributed by atoms with van der Waals surface area (Å²) in [5.41, 5.74) is 2.12. The second-order valence-corrected chi connectivity index (χ2v) is 8.66. The summed E-state index contributed by atoms with van der Waals surface area (Å²) in [6, 6.07) is 20.6. The average molecular weight is 445 g/mol. The molecular weight excluding hydrogens is 424 g/mol. The molecule has 0 amide bonds. The number of ketones is 1. The highest BCUT2D eigenvalue weighted by Gasteiger charge is 2.22. The van der Waals surface area contributed by atoms with Gasteiger partial charge >= 0.3 is 5.97 Å². The third-order valence-corrected chi connectivity index (χ3v) is 6.20. The molecule has 0 aliphatic heterocycles. The molecule has 160 valence electrons. The molecule has 6 nitrogen and oxygen atoms in total. The van der Waals surface area contributed by atoms with E-state index in [1.807, 2.05) is 37.3 Å². The van der Waals surface area contributed by atoms with Gasteiger partial charge in [-0.3, -0.25) is 14.2 Å². The van der Waals surface area contributed by atoms with Gasteiger partial charge in [-0.25, -0.2) is 9.78 Å². The molecular formula is C25H20N2O4S. The van der Waals surface area contributed by atoms with E-state index in [-0.39, 0.29) is 22.4 Å². The molecule has 0 saturated heterocycles.